The van der Waals surface area contributed by atoms with Gasteiger partial charge in [-0.25, -0.2) is 0 Å². The zero-order chi connectivity index (χ0) is 19.4. The topological polar surface area (TPSA) is 113 Å². The third kappa shape index (κ3) is 4.33. The third-order valence-corrected chi connectivity index (χ3v) is 5.12. The molecule has 6 heteroatoms. The van der Waals surface area contributed by atoms with Crippen LogP contribution in [0.4, 0.5) is 0 Å². The SMILES string of the molecule is N#Cc1ccc(CN2CCC(c3cc(C(N)=O)ccc3C(N)=O)CC2)cc1. The smallest absolute Gasteiger partial charge is 0.248 e. The fourth-order valence-electron chi connectivity index (χ4n) is 3.62. The van der Waals surface area contributed by atoms with Gasteiger partial charge in [0.2, 0.25) is 11.8 Å². The minimum atomic E-state index is -0.509. The number of primary amides is 2. The number of nitrogens with zero attached hydrogens (tertiary/aromatic N) is 2. The molecule has 0 radical (unpaired) electrons. The Morgan fingerprint density at radius 1 is 1.04 bits per heavy atom. The van der Waals surface area contributed by atoms with Gasteiger partial charge in [-0.15, -0.1) is 0 Å². The first-order valence-corrected chi connectivity index (χ1v) is 8.93. The molecule has 1 saturated heterocycles. The molecule has 0 aliphatic carbocycles. The predicted molar refractivity (Wildman–Crippen MR) is 102 cm³/mol. The molecule has 1 heterocycles. The van der Waals surface area contributed by atoms with Gasteiger partial charge in [0.25, 0.3) is 0 Å². The van der Waals surface area contributed by atoms with Gasteiger partial charge in [0.05, 0.1) is 11.6 Å². The summed E-state index contributed by atoms with van der Waals surface area (Å²) in [6.45, 7) is 2.58. The van der Waals surface area contributed by atoms with Crippen LogP contribution in [0, 0.1) is 11.3 Å². The molecule has 0 aromatic heterocycles. The lowest BCUT2D eigenvalue weighted by Crippen LogP contribution is -2.33. The fourth-order valence-corrected chi connectivity index (χ4v) is 3.62. The van der Waals surface area contributed by atoms with Crippen LogP contribution in [0.25, 0.3) is 0 Å². The van der Waals surface area contributed by atoms with Crippen molar-refractivity contribution in [2.75, 3.05) is 13.1 Å². The molecule has 1 fully saturated rings. The largest absolute Gasteiger partial charge is 0.366 e. The number of rotatable bonds is 5. The van der Waals surface area contributed by atoms with E-state index >= 15 is 0 Å². The van der Waals surface area contributed by atoms with Crippen molar-refractivity contribution in [3.63, 3.8) is 0 Å². The summed E-state index contributed by atoms with van der Waals surface area (Å²) in [5.74, 6) is -0.824. The van der Waals surface area contributed by atoms with E-state index in [2.05, 4.69) is 11.0 Å². The van der Waals surface area contributed by atoms with E-state index in [1.165, 1.54) is 5.56 Å². The van der Waals surface area contributed by atoms with E-state index < -0.39 is 11.8 Å². The molecule has 0 atom stereocenters. The maximum Gasteiger partial charge on any atom is 0.248 e. The van der Waals surface area contributed by atoms with E-state index in [1.54, 1.807) is 18.2 Å². The van der Waals surface area contributed by atoms with Crippen LogP contribution in [0.3, 0.4) is 0 Å². The minimum Gasteiger partial charge on any atom is -0.366 e. The Morgan fingerprint density at radius 2 is 1.70 bits per heavy atom. The Balaban J connectivity index is 1.69. The number of hydrogen-bond donors (Lipinski definition) is 2. The molecule has 6 nitrogen and oxygen atoms in total. The zero-order valence-electron chi connectivity index (χ0n) is 15.0. The van der Waals surface area contributed by atoms with Crippen LogP contribution in [0.1, 0.15) is 56.2 Å². The predicted octanol–water partition coefficient (Wildman–Crippen LogP) is 2.14. The lowest BCUT2D eigenvalue weighted by Gasteiger charge is -2.33. The number of carbonyl (C=O) groups excluding carboxylic acids is 2. The fraction of sp³-hybridized carbons (Fsp3) is 0.286. The van der Waals surface area contributed by atoms with Crippen LogP contribution in [0.5, 0.6) is 0 Å². The molecular weight excluding hydrogens is 340 g/mol. The van der Waals surface area contributed by atoms with Crippen molar-refractivity contribution in [1.29, 1.82) is 5.26 Å². The molecule has 1 aliphatic heterocycles. The molecule has 2 aromatic rings. The normalized spacial score (nSPS) is 15.2. The van der Waals surface area contributed by atoms with Crippen LogP contribution in [0.15, 0.2) is 42.5 Å². The van der Waals surface area contributed by atoms with E-state index in [-0.39, 0.29) is 5.92 Å². The molecule has 138 valence electrons. The number of carbonyl (C=O) groups is 2. The van der Waals surface area contributed by atoms with Gasteiger partial charge in [-0.1, -0.05) is 12.1 Å². The first-order valence-electron chi connectivity index (χ1n) is 8.93. The molecule has 4 N–H and O–H groups in total. The number of likely N-dealkylation sites (tertiary alicyclic amines) is 1. The van der Waals surface area contributed by atoms with Crippen LogP contribution in [-0.2, 0) is 6.54 Å². The lowest BCUT2D eigenvalue weighted by atomic mass is 9.85. The Kier molecular flexibility index (Phi) is 5.53. The highest BCUT2D eigenvalue weighted by molar-refractivity contribution is 5.98. The highest BCUT2D eigenvalue weighted by Crippen LogP contribution is 2.31. The second-order valence-corrected chi connectivity index (χ2v) is 6.89. The molecule has 2 amide bonds. The van der Waals surface area contributed by atoms with Crippen molar-refractivity contribution in [3.05, 3.63) is 70.3 Å². The van der Waals surface area contributed by atoms with Crippen LogP contribution >= 0.6 is 0 Å². The Labute approximate surface area is 158 Å². The first kappa shape index (κ1) is 18.6. The summed E-state index contributed by atoms with van der Waals surface area (Å²) in [7, 11) is 0. The van der Waals surface area contributed by atoms with Crippen molar-refractivity contribution in [3.8, 4) is 6.07 Å². The maximum absolute atomic E-state index is 11.8. The summed E-state index contributed by atoms with van der Waals surface area (Å²) in [6.07, 6.45) is 1.75. The number of benzene rings is 2. The molecule has 0 saturated carbocycles. The van der Waals surface area contributed by atoms with Gasteiger partial charge < -0.3 is 11.5 Å². The van der Waals surface area contributed by atoms with Gasteiger partial charge in [-0.05, 0) is 73.3 Å². The molecule has 0 bridgehead atoms. The molecule has 2 aromatic carbocycles. The van der Waals surface area contributed by atoms with Crippen molar-refractivity contribution in [2.24, 2.45) is 11.5 Å². The third-order valence-electron chi connectivity index (χ3n) is 5.12. The number of nitrogens with two attached hydrogens (primary N) is 2. The van der Waals surface area contributed by atoms with E-state index in [9.17, 15) is 9.59 Å². The van der Waals surface area contributed by atoms with Crippen molar-refractivity contribution in [2.45, 2.75) is 25.3 Å². The highest BCUT2D eigenvalue weighted by Gasteiger charge is 2.24. The minimum absolute atomic E-state index is 0.170. The number of piperidine rings is 1. The quantitative estimate of drug-likeness (QED) is 0.848. The van der Waals surface area contributed by atoms with Gasteiger partial charge in [0.1, 0.15) is 0 Å². The second kappa shape index (κ2) is 8.02. The van der Waals surface area contributed by atoms with Gasteiger partial charge in [-0.3, -0.25) is 14.5 Å². The summed E-state index contributed by atoms with van der Waals surface area (Å²) < 4.78 is 0. The standard InChI is InChI=1S/C21H22N4O2/c22-12-14-1-3-15(4-2-14)13-25-9-7-16(8-10-25)19-11-17(20(23)26)5-6-18(19)21(24)27/h1-6,11,16H,7-10,13H2,(H2,23,26)(H2,24,27). The monoisotopic (exact) mass is 362 g/mol. The molecule has 0 spiro atoms. The van der Waals surface area contributed by atoms with Gasteiger partial charge in [-0.2, -0.15) is 5.26 Å². The van der Waals surface area contributed by atoms with Crippen molar-refractivity contribution >= 4 is 11.8 Å². The maximum atomic E-state index is 11.8. The van der Waals surface area contributed by atoms with E-state index in [4.69, 9.17) is 16.7 Å². The number of nitriles is 1. The van der Waals surface area contributed by atoms with Crippen LogP contribution in [-0.4, -0.2) is 29.8 Å². The van der Waals surface area contributed by atoms with Crippen LogP contribution < -0.4 is 11.5 Å². The zero-order valence-corrected chi connectivity index (χ0v) is 15.0. The van der Waals surface area contributed by atoms with Gasteiger partial charge in [0, 0.05) is 17.7 Å². The molecule has 1 aliphatic rings. The summed E-state index contributed by atoms with van der Waals surface area (Å²) >= 11 is 0. The summed E-state index contributed by atoms with van der Waals surface area (Å²) in [6, 6.07) is 14.6. The molecular formula is C21H22N4O2. The average Bonchev–Trinajstić information content (AvgIpc) is 2.68. The highest BCUT2D eigenvalue weighted by atomic mass is 16.1. The molecule has 0 unspecified atom stereocenters. The van der Waals surface area contributed by atoms with Gasteiger partial charge >= 0.3 is 0 Å². The van der Waals surface area contributed by atoms with Gasteiger partial charge in [0.15, 0.2) is 0 Å². The van der Waals surface area contributed by atoms with Crippen LogP contribution in [0.2, 0.25) is 0 Å². The van der Waals surface area contributed by atoms with E-state index in [0.29, 0.717) is 16.7 Å². The Hall–Kier alpha value is -3.17. The molecule has 3 rings (SSSR count). The summed E-state index contributed by atoms with van der Waals surface area (Å²) in [5.41, 5.74) is 14.4. The molecule has 27 heavy (non-hydrogen) atoms. The first-order chi connectivity index (χ1) is 13.0. The van der Waals surface area contributed by atoms with Crippen molar-refractivity contribution < 1.29 is 9.59 Å². The second-order valence-electron chi connectivity index (χ2n) is 6.89. The lowest BCUT2D eigenvalue weighted by molar-refractivity contribution is 0.0986. The van der Waals surface area contributed by atoms with E-state index in [1.807, 2.05) is 24.3 Å². The average molecular weight is 362 g/mol. The number of amides is 2. The summed E-state index contributed by atoms with van der Waals surface area (Å²) in [4.78, 5) is 25.6. The Bertz CT molecular complexity index is 891. The Morgan fingerprint density at radius 3 is 2.26 bits per heavy atom. The number of hydrogen-bond acceptors (Lipinski definition) is 4. The summed E-state index contributed by atoms with van der Waals surface area (Å²) in [5, 5.41) is 8.88. The van der Waals surface area contributed by atoms with E-state index in [0.717, 1.165) is 38.0 Å². The van der Waals surface area contributed by atoms with Crippen molar-refractivity contribution in [1.82, 2.24) is 4.90 Å².